The molecule has 3 heteroatoms. The largest absolute Gasteiger partial charge is 0.624 e. The van der Waals surface area contributed by atoms with Gasteiger partial charge in [-0.25, -0.2) is 4.74 Å². The molecule has 0 amide bonds. The Morgan fingerprint density at radius 3 is 2.75 bits per heavy atom. The molecule has 0 aliphatic rings. The second-order valence-electron chi connectivity index (χ2n) is 1.46. The van der Waals surface area contributed by atoms with E-state index in [9.17, 15) is 5.21 Å². The Bertz CT molecular complexity index is 80.5. The third kappa shape index (κ3) is 3.61. The Kier molecular flexibility index (Phi) is 4.26. The molecule has 0 unspecified atom stereocenters. The molecule has 0 fully saturated rings. The van der Waals surface area contributed by atoms with Crippen LogP contribution in [0.15, 0.2) is 0 Å². The summed E-state index contributed by atoms with van der Waals surface area (Å²) in [5.41, 5.74) is 0. The zero-order chi connectivity index (χ0) is 6.41. The van der Waals surface area contributed by atoms with Crippen molar-refractivity contribution in [3.63, 3.8) is 0 Å². The van der Waals surface area contributed by atoms with E-state index in [1.165, 1.54) is 6.21 Å². The maximum atomic E-state index is 10.3. The lowest BCUT2D eigenvalue weighted by atomic mass is 10.5. The molecule has 0 saturated heterocycles. The van der Waals surface area contributed by atoms with Gasteiger partial charge < -0.3 is 10.3 Å². The maximum Gasteiger partial charge on any atom is 0.175 e. The van der Waals surface area contributed by atoms with Crippen molar-refractivity contribution < 1.29 is 9.85 Å². The van der Waals surface area contributed by atoms with E-state index in [0.29, 0.717) is 0 Å². The van der Waals surface area contributed by atoms with Crippen molar-refractivity contribution in [2.75, 3.05) is 13.2 Å². The lowest BCUT2D eigenvalue weighted by Gasteiger charge is -1.98. The third-order valence-corrected chi connectivity index (χ3v) is 0.707. The fourth-order valence-corrected chi connectivity index (χ4v) is 0.393. The highest BCUT2D eigenvalue weighted by Crippen LogP contribution is 1.70. The van der Waals surface area contributed by atoms with E-state index in [-0.39, 0.29) is 13.2 Å². The minimum Gasteiger partial charge on any atom is -0.624 e. The molecule has 8 heavy (non-hydrogen) atoms. The predicted octanol–water partition coefficient (Wildman–Crippen LogP) is -0.0302. The monoisotopic (exact) mass is 117 g/mol. The first kappa shape index (κ1) is 7.43. The Morgan fingerprint density at radius 2 is 2.38 bits per heavy atom. The Balaban J connectivity index is 3.29. The summed E-state index contributed by atoms with van der Waals surface area (Å²) < 4.78 is 0.736. The van der Waals surface area contributed by atoms with Gasteiger partial charge in [-0.05, 0) is 0 Å². The molecule has 0 heterocycles. The van der Waals surface area contributed by atoms with Gasteiger partial charge in [-0.1, -0.05) is 6.92 Å². The predicted molar refractivity (Wildman–Crippen MR) is 31.9 cm³/mol. The Hall–Kier alpha value is -0.570. The van der Waals surface area contributed by atoms with Crippen LogP contribution in [0.4, 0.5) is 0 Å². The minimum atomic E-state index is -0.0694. The van der Waals surface area contributed by atoms with Gasteiger partial charge in [-0.3, -0.25) is 0 Å². The van der Waals surface area contributed by atoms with Crippen molar-refractivity contribution in [2.45, 2.75) is 13.3 Å². The van der Waals surface area contributed by atoms with Crippen molar-refractivity contribution in [3.05, 3.63) is 5.21 Å². The van der Waals surface area contributed by atoms with Gasteiger partial charge in [-0.15, -0.1) is 0 Å². The van der Waals surface area contributed by atoms with Gasteiger partial charge in [0.15, 0.2) is 12.8 Å². The molecule has 0 saturated carbocycles. The highest BCUT2D eigenvalue weighted by molar-refractivity contribution is 5.50. The normalized spacial score (nSPS) is 12.0. The average Bonchev–Trinajstić information content (AvgIpc) is 1.68. The van der Waals surface area contributed by atoms with Crippen LogP contribution in [0.25, 0.3) is 0 Å². The van der Waals surface area contributed by atoms with Crippen LogP contribution in [0.3, 0.4) is 0 Å². The SMILES string of the molecule is CCC=[N+]([O-])CCO. The number of hydroxylamine groups is 1. The summed E-state index contributed by atoms with van der Waals surface area (Å²) in [5.74, 6) is 0. The van der Waals surface area contributed by atoms with Crippen molar-refractivity contribution in [3.8, 4) is 0 Å². The number of aliphatic hydroxyl groups excluding tert-OH is 1. The maximum absolute atomic E-state index is 10.3. The lowest BCUT2D eigenvalue weighted by molar-refractivity contribution is -0.456. The molecule has 0 aromatic carbocycles. The van der Waals surface area contributed by atoms with Crippen LogP contribution < -0.4 is 0 Å². The van der Waals surface area contributed by atoms with E-state index in [1.54, 1.807) is 0 Å². The van der Waals surface area contributed by atoms with E-state index in [4.69, 9.17) is 5.11 Å². The first-order valence-corrected chi connectivity index (χ1v) is 2.69. The third-order valence-electron chi connectivity index (χ3n) is 0.707. The number of nitrogens with zero attached hydrogens (tertiary/aromatic N) is 1. The first-order valence-electron chi connectivity index (χ1n) is 2.69. The number of hydrogen-bond acceptors (Lipinski definition) is 2. The molecule has 0 radical (unpaired) electrons. The van der Waals surface area contributed by atoms with Crippen LogP contribution in [0.1, 0.15) is 13.3 Å². The van der Waals surface area contributed by atoms with Gasteiger partial charge in [0.1, 0.15) is 6.61 Å². The molecule has 1 N–H and O–H groups in total. The molecule has 48 valence electrons. The van der Waals surface area contributed by atoms with Gasteiger partial charge in [0, 0.05) is 6.42 Å². The van der Waals surface area contributed by atoms with Crippen molar-refractivity contribution in [2.24, 2.45) is 0 Å². The number of rotatable bonds is 3. The number of hydrogen-bond donors (Lipinski definition) is 1. The molecule has 0 bridgehead atoms. The highest BCUT2D eigenvalue weighted by Gasteiger charge is 1.85. The second kappa shape index (κ2) is 4.59. The van der Waals surface area contributed by atoms with Crippen LogP contribution in [0, 0.1) is 5.21 Å². The van der Waals surface area contributed by atoms with Crippen LogP contribution in [-0.4, -0.2) is 29.2 Å². The molecule has 0 atom stereocenters. The first-order chi connectivity index (χ1) is 3.81. The van der Waals surface area contributed by atoms with Gasteiger partial charge in [-0.2, -0.15) is 0 Å². The second-order valence-corrected chi connectivity index (χ2v) is 1.46. The molecule has 0 rings (SSSR count). The average molecular weight is 117 g/mol. The minimum absolute atomic E-state index is 0.0694. The summed E-state index contributed by atoms with van der Waals surface area (Å²) in [6.07, 6.45) is 2.22. The summed E-state index contributed by atoms with van der Waals surface area (Å²) in [4.78, 5) is 0. The Morgan fingerprint density at radius 1 is 1.75 bits per heavy atom. The van der Waals surface area contributed by atoms with Crippen LogP contribution >= 0.6 is 0 Å². The van der Waals surface area contributed by atoms with E-state index in [1.807, 2.05) is 6.92 Å². The number of aliphatic hydroxyl groups is 1. The molecule has 0 spiro atoms. The fourth-order valence-electron chi connectivity index (χ4n) is 0.393. The van der Waals surface area contributed by atoms with E-state index in [0.717, 1.165) is 11.2 Å². The summed E-state index contributed by atoms with van der Waals surface area (Å²) in [6, 6.07) is 0. The van der Waals surface area contributed by atoms with E-state index < -0.39 is 0 Å². The van der Waals surface area contributed by atoms with E-state index in [2.05, 4.69) is 0 Å². The quantitative estimate of drug-likeness (QED) is 0.244. The highest BCUT2D eigenvalue weighted by atomic mass is 16.5. The summed E-state index contributed by atoms with van der Waals surface area (Å²) >= 11 is 0. The summed E-state index contributed by atoms with van der Waals surface area (Å²) in [7, 11) is 0. The van der Waals surface area contributed by atoms with Crippen LogP contribution in [0.2, 0.25) is 0 Å². The standard InChI is InChI=1S/C5H11NO2/c1-2-3-6(8)4-5-7/h3,7H,2,4-5H2,1H3. The zero-order valence-electron chi connectivity index (χ0n) is 5.00. The van der Waals surface area contributed by atoms with Crippen molar-refractivity contribution >= 4 is 6.21 Å². The fraction of sp³-hybridized carbons (Fsp3) is 0.800. The molecular formula is C5H11NO2. The topological polar surface area (TPSA) is 46.3 Å². The molecule has 3 nitrogen and oxygen atoms in total. The molecule has 0 aliphatic heterocycles. The molecular weight excluding hydrogens is 106 g/mol. The smallest absolute Gasteiger partial charge is 0.175 e. The van der Waals surface area contributed by atoms with Crippen molar-refractivity contribution in [1.82, 2.24) is 0 Å². The van der Waals surface area contributed by atoms with Crippen LogP contribution in [0.5, 0.6) is 0 Å². The van der Waals surface area contributed by atoms with Gasteiger partial charge in [0.25, 0.3) is 0 Å². The van der Waals surface area contributed by atoms with Crippen LogP contribution in [-0.2, 0) is 0 Å². The van der Waals surface area contributed by atoms with Gasteiger partial charge in [0.05, 0.1) is 0 Å². The van der Waals surface area contributed by atoms with Gasteiger partial charge in [0.2, 0.25) is 0 Å². The van der Waals surface area contributed by atoms with Crippen molar-refractivity contribution in [1.29, 1.82) is 0 Å². The molecule has 0 aliphatic carbocycles. The molecule has 0 aromatic rings. The molecule has 0 aromatic heterocycles. The van der Waals surface area contributed by atoms with Gasteiger partial charge >= 0.3 is 0 Å². The Labute approximate surface area is 48.8 Å². The summed E-state index contributed by atoms with van der Waals surface area (Å²) in [5, 5.41) is 18.5. The summed E-state index contributed by atoms with van der Waals surface area (Å²) in [6.45, 7) is 2.00. The van der Waals surface area contributed by atoms with E-state index >= 15 is 0 Å². The zero-order valence-corrected chi connectivity index (χ0v) is 5.00. The lowest BCUT2D eigenvalue weighted by Crippen LogP contribution is -2.09.